The summed E-state index contributed by atoms with van der Waals surface area (Å²) in [6.45, 7) is 0.862. The van der Waals surface area contributed by atoms with Crippen molar-refractivity contribution in [2.45, 2.75) is 31.6 Å². The fraction of sp³-hybridized carbons (Fsp3) is 0.500. The second kappa shape index (κ2) is 3.84. The van der Waals surface area contributed by atoms with Crippen LogP contribution in [0.5, 0.6) is 11.5 Å². The van der Waals surface area contributed by atoms with Gasteiger partial charge in [0, 0.05) is 6.04 Å². The zero-order valence-corrected chi connectivity index (χ0v) is 9.21. The van der Waals surface area contributed by atoms with E-state index in [9.17, 15) is 8.78 Å². The summed E-state index contributed by atoms with van der Waals surface area (Å²) in [7, 11) is 0. The van der Waals surface area contributed by atoms with E-state index in [1.54, 1.807) is 12.1 Å². The largest absolute Gasteiger partial charge is 0.586 e. The van der Waals surface area contributed by atoms with Crippen LogP contribution in [0.2, 0.25) is 0 Å². The first-order valence-corrected chi connectivity index (χ1v) is 5.74. The van der Waals surface area contributed by atoms with Gasteiger partial charge in [-0.3, -0.25) is 0 Å². The molecule has 1 heterocycles. The van der Waals surface area contributed by atoms with Crippen LogP contribution in [0.25, 0.3) is 0 Å². The molecule has 0 atom stereocenters. The molecule has 1 aromatic carbocycles. The Hall–Kier alpha value is -1.36. The minimum atomic E-state index is -3.52. The molecule has 1 aliphatic carbocycles. The van der Waals surface area contributed by atoms with Gasteiger partial charge in [0.2, 0.25) is 0 Å². The molecule has 1 N–H and O–H groups in total. The quantitative estimate of drug-likeness (QED) is 0.877. The fourth-order valence-electron chi connectivity index (χ4n) is 1.86. The van der Waals surface area contributed by atoms with E-state index in [0.29, 0.717) is 6.04 Å². The Balaban J connectivity index is 1.63. The highest BCUT2D eigenvalue weighted by atomic mass is 19.3. The topological polar surface area (TPSA) is 30.5 Å². The van der Waals surface area contributed by atoms with Crippen LogP contribution in [0.15, 0.2) is 18.2 Å². The highest BCUT2D eigenvalue weighted by Crippen LogP contribution is 2.41. The first-order valence-electron chi connectivity index (χ1n) is 5.74. The second-order valence-corrected chi connectivity index (χ2v) is 4.43. The van der Waals surface area contributed by atoms with Crippen LogP contribution in [0.3, 0.4) is 0 Å². The van der Waals surface area contributed by atoms with Crippen LogP contribution in [-0.4, -0.2) is 18.9 Å². The maximum atomic E-state index is 12.8. The number of alkyl halides is 2. The molecule has 0 unspecified atom stereocenters. The fourth-order valence-corrected chi connectivity index (χ4v) is 1.86. The van der Waals surface area contributed by atoms with Crippen LogP contribution in [0, 0.1) is 0 Å². The van der Waals surface area contributed by atoms with Gasteiger partial charge in [0.15, 0.2) is 11.5 Å². The summed E-state index contributed by atoms with van der Waals surface area (Å²) in [4.78, 5) is 0. The van der Waals surface area contributed by atoms with Gasteiger partial charge >= 0.3 is 6.29 Å². The third kappa shape index (κ3) is 2.49. The molecule has 0 spiro atoms. The molecule has 3 rings (SSSR count). The van der Waals surface area contributed by atoms with E-state index < -0.39 is 6.29 Å². The molecule has 0 aromatic heterocycles. The number of fused-ring (bicyclic) bond motifs is 1. The summed E-state index contributed by atoms with van der Waals surface area (Å²) in [5.41, 5.74) is 0.971. The predicted octanol–water partition coefficient (Wildman–Crippen LogP) is 2.30. The summed E-state index contributed by atoms with van der Waals surface area (Å²) >= 11 is 0. The van der Waals surface area contributed by atoms with Gasteiger partial charge in [0.1, 0.15) is 0 Å². The standard InChI is InChI=1S/C12H13F2NO2/c13-12(14)16-10-4-1-8(7-11(10)17-12)5-6-15-9-2-3-9/h1,4,7,9,15H,2-3,5-6H2. The zero-order chi connectivity index (χ0) is 11.9. The monoisotopic (exact) mass is 241 g/mol. The molecule has 0 saturated heterocycles. The number of halogens is 2. The van der Waals surface area contributed by atoms with Gasteiger partial charge < -0.3 is 14.8 Å². The molecule has 92 valence electrons. The first-order chi connectivity index (χ1) is 8.12. The number of hydrogen-bond acceptors (Lipinski definition) is 3. The number of hydrogen-bond donors (Lipinski definition) is 1. The molecule has 0 radical (unpaired) electrons. The summed E-state index contributed by atoms with van der Waals surface area (Å²) in [5.74, 6) is 0.229. The average molecular weight is 241 g/mol. The predicted molar refractivity (Wildman–Crippen MR) is 57.4 cm³/mol. The van der Waals surface area contributed by atoms with Gasteiger partial charge in [-0.05, 0) is 43.5 Å². The van der Waals surface area contributed by atoms with E-state index in [0.717, 1.165) is 18.5 Å². The lowest BCUT2D eigenvalue weighted by Crippen LogP contribution is -2.25. The molecule has 1 fully saturated rings. The van der Waals surface area contributed by atoms with E-state index in [-0.39, 0.29) is 11.5 Å². The van der Waals surface area contributed by atoms with Crippen molar-refractivity contribution >= 4 is 0 Å². The van der Waals surface area contributed by atoms with Gasteiger partial charge in [-0.1, -0.05) is 6.07 Å². The Labute approximate surface area is 97.7 Å². The smallest absolute Gasteiger partial charge is 0.395 e. The SMILES string of the molecule is FC1(F)Oc2ccc(CCNC3CC3)cc2O1. The molecule has 1 aliphatic heterocycles. The first kappa shape index (κ1) is 10.8. The Morgan fingerprint density at radius 2 is 2.00 bits per heavy atom. The van der Waals surface area contributed by atoms with Gasteiger partial charge in [0.05, 0.1) is 0 Å². The molecule has 1 saturated carbocycles. The van der Waals surface area contributed by atoms with Crippen molar-refractivity contribution in [2.75, 3.05) is 6.54 Å². The van der Waals surface area contributed by atoms with Crippen LogP contribution in [-0.2, 0) is 6.42 Å². The maximum Gasteiger partial charge on any atom is 0.586 e. The van der Waals surface area contributed by atoms with Gasteiger partial charge in [0.25, 0.3) is 0 Å². The molecule has 2 aliphatic rings. The van der Waals surface area contributed by atoms with Crippen LogP contribution >= 0.6 is 0 Å². The minimum absolute atomic E-state index is 0.105. The van der Waals surface area contributed by atoms with Crippen molar-refractivity contribution < 1.29 is 18.3 Å². The molecular formula is C12H13F2NO2. The third-order valence-electron chi connectivity index (χ3n) is 2.89. The van der Waals surface area contributed by atoms with Gasteiger partial charge in [-0.15, -0.1) is 8.78 Å². The lowest BCUT2D eigenvalue weighted by atomic mass is 10.1. The number of nitrogens with one attached hydrogen (secondary N) is 1. The van der Waals surface area contributed by atoms with E-state index >= 15 is 0 Å². The Bertz CT molecular complexity index is 433. The van der Waals surface area contributed by atoms with Crippen molar-refractivity contribution in [3.63, 3.8) is 0 Å². The minimum Gasteiger partial charge on any atom is -0.395 e. The molecule has 17 heavy (non-hydrogen) atoms. The number of benzene rings is 1. The summed E-state index contributed by atoms with van der Waals surface area (Å²) in [6, 6.07) is 5.60. The van der Waals surface area contributed by atoms with Crippen molar-refractivity contribution in [3.8, 4) is 11.5 Å². The van der Waals surface area contributed by atoms with Gasteiger partial charge in [-0.25, -0.2) is 0 Å². The van der Waals surface area contributed by atoms with Crippen molar-refractivity contribution in [3.05, 3.63) is 23.8 Å². The van der Waals surface area contributed by atoms with Crippen LogP contribution < -0.4 is 14.8 Å². The van der Waals surface area contributed by atoms with Crippen LogP contribution in [0.4, 0.5) is 8.78 Å². The summed E-state index contributed by atoms with van der Waals surface area (Å²) in [5, 5.41) is 3.37. The van der Waals surface area contributed by atoms with E-state index in [2.05, 4.69) is 14.8 Å². The van der Waals surface area contributed by atoms with E-state index in [4.69, 9.17) is 0 Å². The highest BCUT2D eigenvalue weighted by molar-refractivity contribution is 5.45. The van der Waals surface area contributed by atoms with Gasteiger partial charge in [-0.2, -0.15) is 0 Å². The Morgan fingerprint density at radius 3 is 2.76 bits per heavy atom. The molecule has 0 amide bonds. The normalized spacial score (nSPS) is 20.6. The Kier molecular flexibility index (Phi) is 2.43. The van der Waals surface area contributed by atoms with E-state index in [1.807, 2.05) is 0 Å². The second-order valence-electron chi connectivity index (χ2n) is 4.43. The average Bonchev–Trinajstić information content (AvgIpc) is 3.00. The molecular weight excluding hydrogens is 228 g/mol. The van der Waals surface area contributed by atoms with Crippen molar-refractivity contribution in [2.24, 2.45) is 0 Å². The van der Waals surface area contributed by atoms with Crippen molar-refractivity contribution in [1.82, 2.24) is 5.32 Å². The van der Waals surface area contributed by atoms with Crippen molar-refractivity contribution in [1.29, 1.82) is 0 Å². The lowest BCUT2D eigenvalue weighted by molar-refractivity contribution is -0.286. The molecule has 1 aromatic rings. The summed E-state index contributed by atoms with van der Waals surface area (Å²) in [6.07, 6.45) is -0.230. The third-order valence-corrected chi connectivity index (χ3v) is 2.89. The van der Waals surface area contributed by atoms with Crippen LogP contribution in [0.1, 0.15) is 18.4 Å². The number of ether oxygens (including phenoxy) is 2. The molecule has 3 nitrogen and oxygen atoms in total. The Morgan fingerprint density at radius 1 is 1.24 bits per heavy atom. The highest BCUT2D eigenvalue weighted by Gasteiger charge is 2.43. The molecule has 5 heteroatoms. The number of rotatable bonds is 4. The lowest BCUT2D eigenvalue weighted by Gasteiger charge is -2.04. The maximum absolute atomic E-state index is 12.8. The molecule has 0 bridgehead atoms. The van der Waals surface area contributed by atoms with E-state index in [1.165, 1.54) is 18.9 Å². The zero-order valence-electron chi connectivity index (χ0n) is 9.21. The summed E-state index contributed by atoms with van der Waals surface area (Å²) < 4.78 is 34.3.